The van der Waals surface area contributed by atoms with E-state index in [-0.39, 0.29) is 0 Å². The van der Waals surface area contributed by atoms with E-state index in [9.17, 15) is 0 Å². The van der Waals surface area contributed by atoms with Crippen LogP contribution in [-0.4, -0.2) is 43.7 Å². The van der Waals surface area contributed by atoms with Crippen LogP contribution in [0.15, 0.2) is 30.3 Å². The van der Waals surface area contributed by atoms with E-state index >= 15 is 0 Å². The number of ether oxygens (including phenoxy) is 1. The fourth-order valence-corrected chi connectivity index (χ4v) is 2.87. The van der Waals surface area contributed by atoms with E-state index in [4.69, 9.17) is 4.74 Å². The van der Waals surface area contributed by atoms with Gasteiger partial charge in [-0.05, 0) is 44.5 Å². The zero-order chi connectivity index (χ0) is 14.0. The Hall–Kier alpha value is -1.06. The zero-order valence-electron chi connectivity index (χ0n) is 12.7. The first-order valence-electron chi connectivity index (χ1n) is 8.02. The fourth-order valence-electron chi connectivity index (χ4n) is 2.87. The first-order valence-corrected chi connectivity index (χ1v) is 8.02. The summed E-state index contributed by atoms with van der Waals surface area (Å²) >= 11 is 0. The lowest BCUT2D eigenvalue weighted by atomic mass is 10.0. The van der Waals surface area contributed by atoms with E-state index in [2.05, 4.69) is 17.1 Å². The molecule has 1 aromatic carbocycles. The quantitative estimate of drug-likeness (QED) is 0.739. The van der Waals surface area contributed by atoms with Crippen LogP contribution in [0.2, 0.25) is 0 Å². The van der Waals surface area contributed by atoms with E-state index in [1.807, 2.05) is 30.3 Å². The van der Waals surface area contributed by atoms with Crippen molar-refractivity contribution in [1.82, 2.24) is 10.2 Å². The molecule has 3 heteroatoms. The summed E-state index contributed by atoms with van der Waals surface area (Å²) in [7, 11) is 0. The Morgan fingerprint density at radius 1 is 1.25 bits per heavy atom. The van der Waals surface area contributed by atoms with E-state index in [1.165, 1.54) is 25.8 Å². The second kappa shape index (κ2) is 8.98. The van der Waals surface area contributed by atoms with Gasteiger partial charge < -0.3 is 10.1 Å². The average Bonchev–Trinajstić information content (AvgIpc) is 2.51. The number of likely N-dealkylation sites (N-methyl/N-ethyl adjacent to an activating group) is 1. The van der Waals surface area contributed by atoms with Gasteiger partial charge in [-0.3, -0.25) is 4.90 Å². The van der Waals surface area contributed by atoms with Crippen LogP contribution in [0.5, 0.6) is 5.75 Å². The van der Waals surface area contributed by atoms with Crippen LogP contribution in [0.4, 0.5) is 0 Å². The zero-order valence-corrected chi connectivity index (χ0v) is 12.7. The number of nitrogens with one attached hydrogen (secondary N) is 1. The highest BCUT2D eigenvalue weighted by Gasteiger charge is 2.21. The molecule has 20 heavy (non-hydrogen) atoms. The van der Waals surface area contributed by atoms with Gasteiger partial charge in [-0.1, -0.05) is 31.5 Å². The SMILES string of the molecule is CCNCC1CCCCN1CCCOc1ccccc1. The third kappa shape index (κ3) is 5.14. The van der Waals surface area contributed by atoms with Crippen molar-refractivity contribution in [2.45, 2.75) is 38.6 Å². The molecule has 0 bridgehead atoms. The Labute approximate surface area is 123 Å². The van der Waals surface area contributed by atoms with Gasteiger partial charge >= 0.3 is 0 Å². The van der Waals surface area contributed by atoms with Crippen LogP contribution >= 0.6 is 0 Å². The molecule has 1 unspecified atom stereocenters. The molecule has 2 rings (SSSR count). The number of nitrogens with zero attached hydrogens (tertiary/aromatic N) is 1. The van der Waals surface area contributed by atoms with Crippen LogP contribution < -0.4 is 10.1 Å². The molecule has 1 fully saturated rings. The Bertz CT molecular complexity index is 355. The monoisotopic (exact) mass is 276 g/mol. The normalized spacial score (nSPS) is 19.9. The summed E-state index contributed by atoms with van der Waals surface area (Å²) in [4.78, 5) is 2.64. The number of rotatable bonds is 8. The summed E-state index contributed by atoms with van der Waals surface area (Å²) in [6.45, 7) is 7.61. The number of piperidine rings is 1. The number of likely N-dealkylation sites (tertiary alicyclic amines) is 1. The highest BCUT2D eigenvalue weighted by molar-refractivity contribution is 5.20. The number of hydrogen-bond donors (Lipinski definition) is 1. The maximum absolute atomic E-state index is 5.77. The summed E-state index contributed by atoms with van der Waals surface area (Å²) in [5.41, 5.74) is 0. The second-order valence-corrected chi connectivity index (χ2v) is 5.51. The highest BCUT2D eigenvalue weighted by Crippen LogP contribution is 2.17. The third-order valence-corrected chi connectivity index (χ3v) is 3.98. The molecule has 1 saturated heterocycles. The molecule has 1 aromatic rings. The van der Waals surface area contributed by atoms with E-state index in [1.54, 1.807) is 0 Å². The number of benzene rings is 1. The van der Waals surface area contributed by atoms with E-state index in [0.29, 0.717) is 0 Å². The minimum absolute atomic E-state index is 0.723. The average molecular weight is 276 g/mol. The summed E-state index contributed by atoms with van der Waals surface area (Å²) < 4.78 is 5.77. The van der Waals surface area contributed by atoms with Crippen LogP contribution in [0.1, 0.15) is 32.6 Å². The largest absolute Gasteiger partial charge is 0.494 e. The molecule has 0 amide bonds. The van der Waals surface area contributed by atoms with Gasteiger partial charge in [-0.2, -0.15) is 0 Å². The number of hydrogen-bond acceptors (Lipinski definition) is 3. The lowest BCUT2D eigenvalue weighted by Crippen LogP contribution is -2.46. The van der Waals surface area contributed by atoms with Gasteiger partial charge in [0.25, 0.3) is 0 Å². The molecule has 1 heterocycles. The maximum Gasteiger partial charge on any atom is 0.119 e. The first kappa shape index (κ1) is 15.3. The predicted molar refractivity (Wildman–Crippen MR) is 84.3 cm³/mol. The molecule has 1 aliphatic rings. The lowest BCUT2D eigenvalue weighted by Gasteiger charge is -2.35. The summed E-state index contributed by atoms with van der Waals surface area (Å²) in [6.07, 6.45) is 5.18. The molecular formula is C17H28N2O. The fraction of sp³-hybridized carbons (Fsp3) is 0.647. The smallest absolute Gasteiger partial charge is 0.119 e. The summed E-state index contributed by atoms with van der Waals surface area (Å²) in [6, 6.07) is 10.8. The van der Waals surface area contributed by atoms with Gasteiger partial charge in [0.05, 0.1) is 6.61 Å². The van der Waals surface area contributed by atoms with Crippen molar-refractivity contribution >= 4 is 0 Å². The van der Waals surface area contributed by atoms with Gasteiger partial charge in [0.2, 0.25) is 0 Å². The highest BCUT2D eigenvalue weighted by atomic mass is 16.5. The summed E-state index contributed by atoms with van der Waals surface area (Å²) in [5.74, 6) is 0.982. The molecule has 1 aliphatic heterocycles. The molecule has 112 valence electrons. The van der Waals surface area contributed by atoms with Crippen molar-refractivity contribution in [2.24, 2.45) is 0 Å². The van der Waals surface area contributed by atoms with Gasteiger partial charge in [0.15, 0.2) is 0 Å². The third-order valence-electron chi connectivity index (χ3n) is 3.98. The lowest BCUT2D eigenvalue weighted by molar-refractivity contribution is 0.135. The van der Waals surface area contributed by atoms with Crippen LogP contribution in [0, 0.1) is 0 Å². The molecule has 1 N–H and O–H groups in total. The molecule has 1 atom stereocenters. The van der Waals surface area contributed by atoms with Crippen molar-refractivity contribution in [3.63, 3.8) is 0 Å². The second-order valence-electron chi connectivity index (χ2n) is 5.51. The molecule has 3 nitrogen and oxygen atoms in total. The van der Waals surface area contributed by atoms with Gasteiger partial charge in [-0.15, -0.1) is 0 Å². The Balaban J connectivity index is 1.66. The van der Waals surface area contributed by atoms with Crippen molar-refractivity contribution < 1.29 is 4.74 Å². The summed E-state index contributed by atoms with van der Waals surface area (Å²) in [5, 5.41) is 3.49. The van der Waals surface area contributed by atoms with Crippen molar-refractivity contribution in [1.29, 1.82) is 0 Å². The topological polar surface area (TPSA) is 24.5 Å². The van der Waals surface area contributed by atoms with E-state index < -0.39 is 0 Å². The van der Waals surface area contributed by atoms with Gasteiger partial charge in [0, 0.05) is 19.1 Å². The molecule has 0 radical (unpaired) electrons. The molecular weight excluding hydrogens is 248 g/mol. The molecule has 0 aromatic heterocycles. The predicted octanol–water partition coefficient (Wildman–Crippen LogP) is 2.92. The van der Waals surface area contributed by atoms with Crippen LogP contribution in [-0.2, 0) is 0 Å². The molecule has 0 spiro atoms. The Morgan fingerprint density at radius 3 is 2.90 bits per heavy atom. The van der Waals surface area contributed by atoms with Crippen molar-refractivity contribution in [2.75, 3.05) is 32.8 Å². The Kier molecular flexibility index (Phi) is 6.89. The standard InChI is InChI=1S/C17H28N2O/c1-2-18-15-16-9-6-7-12-19(16)13-8-14-20-17-10-4-3-5-11-17/h3-5,10-11,16,18H,2,6-9,12-15H2,1H3. The minimum Gasteiger partial charge on any atom is -0.494 e. The van der Waals surface area contributed by atoms with Crippen LogP contribution in [0.3, 0.4) is 0 Å². The number of para-hydroxylation sites is 1. The minimum atomic E-state index is 0.723. The maximum atomic E-state index is 5.77. The van der Waals surface area contributed by atoms with Crippen LogP contribution in [0.25, 0.3) is 0 Å². The van der Waals surface area contributed by atoms with E-state index in [0.717, 1.165) is 44.5 Å². The van der Waals surface area contributed by atoms with Gasteiger partial charge in [0.1, 0.15) is 5.75 Å². The molecule has 0 saturated carbocycles. The van der Waals surface area contributed by atoms with Gasteiger partial charge in [-0.25, -0.2) is 0 Å². The van der Waals surface area contributed by atoms with Crippen molar-refractivity contribution in [3.05, 3.63) is 30.3 Å². The first-order chi connectivity index (χ1) is 9.90. The molecule has 0 aliphatic carbocycles. The van der Waals surface area contributed by atoms with Crippen molar-refractivity contribution in [3.8, 4) is 5.75 Å². The Morgan fingerprint density at radius 2 is 2.10 bits per heavy atom.